The molecular formula is C18H24N6O. The van der Waals surface area contributed by atoms with Crippen molar-refractivity contribution in [2.45, 2.75) is 25.3 Å². The molecule has 3 aromatic rings. The Kier molecular flexibility index (Phi) is 3.92. The molecule has 5 rings (SSSR count). The number of fused-ring (bicyclic) bond motifs is 3. The molecule has 7 nitrogen and oxygen atoms in total. The quantitative estimate of drug-likeness (QED) is 0.761. The van der Waals surface area contributed by atoms with Gasteiger partial charge in [-0.05, 0) is 31.2 Å². The van der Waals surface area contributed by atoms with Gasteiger partial charge in [0.2, 0.25) is 0 Å². The van der Waals surface area contributed by atoms with Crippen LogP contribution in [0.2, 0.25) is 0 Å². The van der Waals surface area contributed by atoms with E-state index in [2.05, 4.69) is 36.0 Å². The van der Waals surface area contributed by atoms with Crippen LogP contribution in [0.1, 0.15) is 25.3 Å². The van der Waals surface area contributed by atoms with Gasteiger partial charge in [0.15, 0.2) is 0 Å². The summed E-state index contributed by atoms with van der Waals surface area (Å²) >= 11 is 0. The molecule has 0 saturated carbocycles. The summed E-state index contributed by atoms with van der Waals surface area (Å²) in [6.07, 6.45) is 9.26. The van der Waals surface area contributed by atoms with Gasteiger partial charge >= 0.3 is 0 Å². The second-order valence-electron chi connectivity index (χ2n) is 7.19. The SMILES string of the molecule is c1cc2c(ncc3ncn(C4CCN(NCC5CCOC5)CC4)c32)[nH]1. The first-order valence-electron chi connectivity index (χ1n) is 9.23. The third-order valence-corrected chi connectivity index (χ3v) is 5.60. The fourth-order valence-electron chi connectivity index (χ4n) is 4.11. The zero-order chi connectivity index (χ0) is 16.6. The van der Waals surface area contributed by atoms with Gasteiger partial charge in [-0.25, -0.2) is 15.0 Å². The minimum Gasteiger partial charge on any atom is -0.381 e. The van der Waals surface area contributed by atoms with Gasteiger partial charge < -0.3 is 14.3 Å². The fourth-order valence-corrected chi connectivity index (χ4v) is 4.11. The summed E-state index contributed by atoms with van der Waals surface area (Å²) in [5, 5.41) is 3.54. The Morgan fingerprint density at radius 2 is 2.16 bits per heavy atom. The van der Waals surface area contributed by atoms with Gasteiger partial charge in [0, 0.05) is 43.9 Å². The number of ether oxygens (including phenoxy) is 1. The molecule has 2 aliphatic heterocycles. The minimum atomic E-state index is 0.498. The first-order valence-corrected chi connectivity index (χ1v) is 9.23. The highest BCUT2D eigenvalue weighted by Gasteiger charge is 2.24. The van der Waals surface area contributed by atoms with Crippen LogP contribution in [0.3, 0.4) is 0 Å². The van der Waals surface area contributed by atoms with Crippen molar-refractivity contribution in [3.05, 3.63) is 24.8 Å². The van der Waals surface area contributed by atoms with Gasteiger partial charge in [0.25, 0.3) is 0 Å². The molecular weight excluding hydrogens is 316 g/mol. The Bertz CT molecular complexity index is 857. The number of aromatic nitrogens is 4. The standard InChI is InChI=1S/C18H24N6O/c1-5-19-18-15(1)17-16(10-20-18)21-12-24(17)14-2-6-23(7-3-14)22-9-13-4-8-25-11-13/h1,5,10,12-14,22H,2-4,6-9,11H2,(H,19,20). The lowest BCUT2D eigenvalue weighted by Gasteiger charge is -2.33. The number of aromatic amines is 1. The minimum absolute atomic E-state index is 0.498. The molecule has 7 heteroatoms. The first kappa shape index (κ1) is 15.3. The van der Waals surface area contributed by atoms with Gasteiger partial charge in [-0.15, -0.1) is 0 Å². The van der Waals surface area contributed by atoms with Gasteiger partial charge in [-0.1, -0.05) is 0 Å². The molecule has 0 amide bonds. The number of hydrogen-bond acceptors (Lipinski definition) is 5. The molecule has 25 heavy (non-hydrogen) atoms. The van der Waals surface area contributed by atoms with E-state index < -0.39 is 0 Å². The molecule has 2 aliphatic rings. The maximum Gasteiger partial charge on any atom is 0.139 e. The summed E-state index contributed by atoms with van der Waals surface area (Å²) in [7, 11) is 0. The van der Waals surface area contributed by atoms with Crippen molar-refractivity contribution < 1.29 is 4.74 Å². The van der Waals surface area contributed by atoms with E-state index in [9.17, 15) is 0 Å². The Balaban J connectivity index is 1.29. The maximum absolute atomic E-state index is 5.46. The molecule has 0 aliphatic carbocycles. The van der Waals surface area contributed by atoms with Crippen molar-refractivity contribution >= 4 is 22.1 Å². The molecule has 5 heterocycles. The lowest BCUT2D eigenvalue weighted by atomic mass is 10.1. The zero-order valence-corrected chi connectivity index (χ0v) is 14.3. The third-order valence-electron chi connectivity index (χ3n) is 5.60. The van der Waals surface area contributed by atoms with E-state index in [1.807, 2.05) is 18.7 Å². The summed E-state index contributed by atoms with van der Waals surface area (Å²) in [5.41, 5.74) is 6.73. The second kappa shape index (κ2) is 6.40. The average molecular weight is 340 g/mol. The van der Waals surface area contributed by atoms with Crippen LogP contribution in [0, 0.1) is 5.92 Å². The van der Waals surface area contributed by atoms with Crippen LogP contribution in [0.15, 0.2) is 24.8 Å². The predicted molar refractivity (Wildman–Crippen MR) is 96.2 cm³/mol. The van der Waals surface area contributed by atoms with Crippen LogP contribution in [-0.4, -0.2) is 57.4 Å². The molecule has 1 unspecified atom stereocenters. The van der Waals surface area contributed by atoms with Crippen LogP contribution in [0.5, 0.6) is 0 Å². The number of piperidine rings is 1. The molecule has 0 radical (unpaired) electrons. The Morgan fingerprint density at radius 3 is 3.00 bits per heavy atom. The third kappa shape index (κ3) is 2.82. The van der Waals surface area contributed by atoms with E-state index in [0.717, 1.165) is 62.2 Å². The van der Waals surface area contributed by atoms with Crippen LogP contribution in [0.4, 0.5) is 0 Å². The topological polar surface area (TPSA) is 71.0 Å². The summed E-state index contributed by atoms with van der Waals surface area (Å²) < 4.78 is 7.81. The highest BCUT2D eigenvalue weighted by molar-refractivity contribution is 6.00. The number of H-pyrrole nitrogens is 1. The van der Waals surface area contributed by atoms with E-state index >= 15 is 0 Å². The number of imidazole rings is 1. The van der Waals surface area contributed by atoms with Gasteiger partial charge in [-0.3, -0.25) is 5.43 Å². The lowest BCUT2D eigenvalue weighted by molar-refractivity contribution is 0.114. The van der Waals surface area contributed by atoms with Crippen LogP contribution in [0.25, 0.3) is 22.1 Å². The number of nitrogens with zero attached hydrogens (tertiary/aromatic N) is 4. The summed E-state index contributed by atoms with van der Waals surface area (Å²) in [4.78, 5) is 12.2. The lowest BCUT2D eigenvalue weighted by Crippen LogP contribution is -2.45. The summed E-state index contributed by atoms with van der Waals surface area (Å²) in [6.45, 7) is 5.00. The Labute approximate surface area is 146 Å². The highest BCUT2D eigenvalue weighted by atomic mass is 16.5. The Hall–Kier alpha value is -1.96. The molecule has 2 fully saturated rings. The van der Waals surface area contributed by atoms with E-state index in [1.165, 1.54) is 11.9 Å². The maximum atomic E-state index is 5.46. The molecule has 2 N–H and O–H groups in total. The van der Waals surface area contributed by atoms with Gasteiger partial charge in [0.1, 0.15) is 11.2 Å². The molecule has 0 bridgehead atoms. The number of hydrogen-bond donors (Lipinski definition) is 2. The first-order chi connectivity index (χ1) is 12.4. The van der Waals surface area contributed by atoms with Crippen molar-refractivity contribution in [2.24, 2.45) is 5.92 Å². The molecule has 2 saturated heterocycles. The van der Waals surface area contributed by atoms with E-state index in [-0.39, 0.29) is 0 Å². The average Bonchev–Trinajstić information content (AvgIpc) is 3.39. The Morgan fingerprint density at radius 1 is 1.24 bits per heavy atom. The zero-order valence-electron chi connectivity index (χ0n) is 14.3. The largest absolute Gasteiger partial charge is 0.381 e. The fraction of sp³-hybridized carbons (Fsp3) is 0.556. The number of pyridine rings is 1. The van der Waals surface area contributed by atoms with Crippen molar-refractivity contribution in [1.82, 2.24) is 30.0 Å². The van der Waals surface area contributed by atoms with Gasteiger partial charge in [-0.2, -0.15) is 0 Å². The number of nitrogens with one attached hydrogen (secondary N) is 2. The van der Waals surface area contributed by atoms with Crippen molar-refractivity contribution in [2.75, 3.05) is 32.8 Å². The monoisotopic (exact) mass is 340 g/mol. The predicted octanol–water partition coefficient (Wildman–Crippen LogP) is 2.09. The summed E-state index contributed by atoms with van der Waals surface area (Å²) in [5.74, 6) is 0.671. The molecule has 1 atom stereocenters. The van der Waals surface area contributed by atoms with Crippen LogP contribution in [-0.2, 0) is 4.74 Å². The normalized spacial score (nSPS) is 23.1. The highest BCUT2D eigenvalue weighted by Crippen LogP contribution is 2.29. The number of rotatable bonds is 4. The smallest absolute Gasteiger partial charge is 0.139 e. The van der Waals surface area contributed by atoms with E-state index in [4.69, 9.17) is 4.74 Å². The van der Waals surface area contributed by atoms with Crippen molar-refractivity contribution in [1.29, 1.82) is 0 Å². The molecule has 0 spiro atoms. The van der Waals surface area contributed by atoms with Gasteiger partial charge in [0.05, 0.1) is 24.6 Å². The number of hydrazine groups is 1. The van der Waals surface area contributed by atoms with Crippen LogP contribution < -0.4 is 5.43 Å². The van der Waals surface area contributed by atoms with Crippen LogP contribution >= 0.6 is 0 Å². The molecule has 0 aromatic carbocycles. The van der Waals surface area contributed by atoms with Crippen molar-refractivity contribution in [3.63, 3.8) is 0 Å². The van der Waals surface area contributed by atoms with E-state index in [0.29, 0.717) is 12.0 Å². The second-order valence-corrected chi connectivity index (χ2v) is 7.19. The summed E-state index contributed by atoms with van der Waals surface area (Å²) in [6, 6.07) is 2.60. The molecule has 3 aromatic heterocycles. The van der Waals surface area contributed by atoms with E-state index in [1.54, 1.807) is 0 Å². The van der Waals surface area contributed by atoms with Crippen molar-refractivity contribution in [3.8, 4) is 0 Å². The molecule has 132 valence electrons.